The quantitative estimate of drug-likeness (QED) is 0.0920. The topological polar surface area (TPSA) is 205 Å². The smallest absolute Gasteiger partial charge is 0.303 e. The predicted molar refractivity (Wildman–Crippen MR) is 136 cm³/mol. The summed E-state index contributed by atoms with van der Waals surface area (Å²) in [6, 6.07) is -1.06. The number of carbonyl (C=O) groups excluding carboxylic acids is 6. The number of hydrogen-bond donors (Lipinski definition) is 4. The zero-order chi connectivity index (χ0) is 30.1. The zero-order valence-corrected chi connectivity index (χ0v) is 23.4. The van der Waals surface area contributed by atoms with Crippen LogP contribution in [-0.2, 0) is 52.5 Å². The van der Waals surface area contributed by atoms with Crippen LogP contribution in [0.4, 0.5) is 0 Å². The molecule has 15 nitrogen and oxygen atoms in total. The average Bonchev–Trinajstić information content (AvgIpc) is 2.85. The van der Waals surface area contributed by atoms with Crippen molar-refractivity contribution in [2.24, 2.45) is 0 Å². The van der Waals surface area contributed by atoms with Gasteiger partial charge in [-0.25, -0.2) is 0 Å². The Bertz CT molecular complexity index is 868. The second-order valence-corrected chi connectivity index (χ2v) is 9.07. The van der Waals surface area contributed by atoms with Crippen molar-refractivity contribution in [3.63, 3.8) is 0 Å². The fraction of sp³-hybridized carbons (Fsp3) is 0.760. The van der Waals surface area contributed by atoms with E-state index in [0.29, 0.717) is 32.4 Å². The average molecular weight is 576 g/mol. The van der Waals surface area contributed by atoms with Crippen molar-refractivity contribution in [3.05, 3.63) is 0 Å². The molecule has 40 heavy (non-hydrogen) atoms. The van der Waals surface area contributed by atoms with Crippen molar-refractivity contribution in [1.82, 2.24) is 16.0 Å². The summed E-state index contributed by atoms with van der Waals surface area (Å²) in [5.74, 6) is -2.93. The molecule has 0 aliphatic carbocycles. The summed E-state index contributed by atoms with van der Waals surface area (Å²) in [5.41, 5.74) is 0. The Morgan fingerprint density at radius 2 is 1.38 bits per heavy atom. The van der Waals surface area contributed by atoms with Crippen LogP contribution in [0.3, 0.4) is 0 Å². The highest BCUT2D eigenvalue weighted by Gasteiger charge is 2.51. The van der Waals surface area contributed by atoms with Crippen molar-refractivity contribution in [1.29, 1.82) is 0 Å². The van der Waals surface area contributed by atoms with E-state index in [1.54, 1.807) is 0 Å². The largest absolute Gasteiger partial charge is 0.463 e. The summed E-state index contributed by atoms with van der Waals surface area (Å²) in [6.07, 6.45) is -2.91. The third-order valence-corrected chi connectivity index (χ3v) is 5.49. The third-order valence-electron chi connectivity index (χ3n) is 5.49. The van der Waals surface area contributed by atoms with E-state index in [9.17, 15) is 28.8 Å². The van der Waals surface area contributed by atoms with Gasteiger partial charge < -0.3 is 44.7 Å². The van der Waals surface area contributed by atoms with Crippen LogP contribution >= 0.6 is 0 Å². The Balaban J connectivity index is 2.70. The number of unbranched alkanes of at least 4 members (excludes halogenated alkanes) is 1. The van der Waals surface area contributed by atoms with Gasteiger partial charge in [-0.3, -0.25) is 28.8 Å². The molecule has 1 heterocycles. The zero-order valence-electron chi connectivity index (χ0n) is 23.4. The van der Waals surface area contributed by atoms with Crippen LogP contribution < -0.4 is 16.0 Å². The second kappa shape index (κ2) is 18.9. The van der Waals surface area contributed by atoms with Gasteiger partial charge in [-0.1, -0.05) is 0 Å². The van der Waals surface area contributed by atoms with Crippen molar-refractivity contribution < 1.29 is 57.6 Å². The Kier molecular flexibility index (Phi) is 16.4. The normalized spacial score (nSPS) is 22.0. The van der Waals surface area contributed by atoms with Crippen LogP contribution in [0.15, 0.2) is 0 Å². The standard InChI is InChI=1S/C25H41N3O12/c1-15(30)28-22-24(39-18(4)33)23(38-17(3)32)19(14-37-16(2)31)40-25(22)36-13-6-5-8-20(34)26-10-7-11-27-21(35)9-12-29/h19,22-25,29H,5-14H2,1-4H3,(H,26,34)(H,27,35)(H,28,30). The van der Waals surface area contributed by atoms with Gasteiger partial charge in [-0.2, -0.15) is 0 Å². The molecular formula is C25H41N3O12. The fourth-order valence-electron chi connectivity index (χ4n) is 3.84. The summed E-state index contributed by atoms with van der Waals surface area (Å²) in [7, 11) is 0. The van der Waals surface area contributed by atoms with Gasteiger partial charge in [0.2, 0.25) is 17.7 Å². The monoisotopic (exact) mass is 575 g/mol. The number of nitrogens with one attached hydrogen (secondary N) is 3. The van der Waals surface area contributed by atoms with Gasteiger partial charge in [0.15, 0.2) is 18.5 Å². The SMILES string of the molecule is CC(=O)NC1C(OCCCCC(=O)NCCCNC(=O)CCO)OC(COC(C)=O)C(OC(C)=O)C1OC(C)=O. The summed E-state index contributed by atoms with van der Waals surface area (Å²) >= 11 is 0. The summed E-state index contributed by atoms with van der Waals surface area (Å²) in [4.78, 5) is 70.3. The van der Waals surface area contributed by atoms with Gasteiger partial charge in [0.25, 0.3) is 0 Å². The summed E-state index contributed by atoms with van der Waals surface area (Å²) in [5, 5.41) is 16.7. The maximum absolute atomic E-state index is 12.0. The second-order valence-electron chi connectivity index (χ2n) is 9.07. The fourth-order valence-corrected chi connectivity index (χ4v) is 3.84. The first-order valence-electron chi connectivity index (χ1n) is 13.1. The van der Waals surface area contributed by atoms with Crippen molar-refractivity contribution >= 4 is 35.6 Å². The van der Waals surface area contributed by atoms with Crippen LogP contribution in [0.5, 0.6) is 0 Å². The first kappa shape index (κ1) is 34.7. The molecule has 0 aromatic rings. The molecule has 0 aromatic heterocycles. The van der Waals surface area contributed by atoms with E-state index in [1.807, 2.05) is 0 Å². The number of hydrogen-bond acceptors (Lipinski definition) is 12. The van der Waals surface area contributed by atoms with E-state index >= 15 is 0 Å². The van der Waals surface area contributed by atoms with Crippen LogP contribution in [0.2, 0.25) is 0 Å². The van der Waals surface area contributed by atoms with Gasteiger partial charge >= 0.3 is 17.9 Å². The van der Waals surface area contributed by atoms with Gasteiger partial charge in [-0.15, -0.1) is 0 Å². The number of ether oxygens (including phenoxy) is 5. The number of aliphatic hydroxyl groups excluding tert-OH is 1. The first-order valence-corrected chi connectivity index (χ1v) is 13.1. The summed E-state index contributed by atoms with van der Waals surface area (Å²) in [6.45, 7) is 5.06. The van der Waals surface area contributed by atoms with Crippen LogP contribution in [0, 0.1) is 0 Å². The molecular weight excluding hydrogens is 534 g/mol. The molecule has 5 atom stereocenters. The molecule has 0 radical (unpaired) electrons. The molecule has 0 spiro atoms. The summed E-state index contributed by atoms with van der Waals surface area (Å²) < 4.78 is 27.5. The van der Waals surface area contributed by atoms with Crippen molar-refractivity contribution in [2.45, 2.75) is 90.4 Å². The highest BCUT2D eigenvalue weighted by atomic mass is 16.7. The minimum Gasteiger partial charge on any atom is -0.463 e. The third kappa shape index (κ3) is 14.2. The molecule has 1 rings (SSSR count). The minimum atomic E-state index is -1.20. The predicted octanol–water partition coefficient (Wildman–Crippen LogP) is -1.17. The lowest BCUT2D eigenvalue weighted by molar-refractivity contribution is -0.277. The highest BCUT2D eigenvalue weighted by Crippen LogP contribution is 2.28. The van der Waals surface area contributed by atoms with Gasteiger partial charge in [0.05, 0.1) is 6.61 Å². The highest BCUT2D eigenvalue weighted by molar-refractivity contribution is 5.76. The van der Waals surface area contributed by atoms with E-state index in [2.05, 4.69) is 16.0 Å². The Morgan fingerprint density at radius 1 is 0.775 bits per heavy atom. The van der Waals surface area contributed by atoms with Crippen molar-refractivity contribution in [2.75, 3.05) is 32.9 Å². The van der Waals surface area contributed by atoms with Crippen LogP contribution in [-0.4, -0.2) is 104 Å². The molecule has 1 aliphatic rings. The molecule has 228 valence electrons. The number of esters is 3. The lowest BCUT2D eigenvalue weighted by Crippen LogP contribution is -2.66. The Morgan fingerprint density at radius 3 is 1.93 bits per heavy atom. The first-order chi connectivity index (χ1) is 18.9. The van der Waals surface area contributed by atoms with Crippen molar-refractivity contribution in [3.8, 4) is 0 Å². The number of aliphatic hydroxyl groups is 1. The number of carbonyl (C=O) groups is 6. The minimum absolute atomic E-state index is 0.0376. The lowest BCUT2D eigenvalue weighted by Gasteiger charge is -2.44. The van der Waals surface area contributed by atoms with E-state index < -0.39 is 54.5 Å². The molecule has 1 fully saturated rings. The van der Waals surface area contributed by atoms with E-state index in [0.717, 1.165) is 13.8 Å². The molecule has 0 aromatic carbocycles. The molecule has 4 N–H and O–H groups in total. The molecule has 0 bridgehead atoms. The lowest BCUT2D eigenvalue weighted by atomic mass is 9.96. The maximum atomic E-state index is 12.0. The number of amides is 3. The van der Waals surface area contributed by atoms with E-state index in [1.165, 1.54) is 13.8 Å². The van der Waals surface area contributed by atoms with Gasteiger partial charge in [-0.05, 0) is 19.3 Å². The molecule has 0 saturated carbocycles. The van der Waals surface area contributed by atoms with Gasteiger partial charge in [0.1, 0.15) is 18.8 Å². The molecule has 15 heteroatoms. The Labute approximate surface area is 232 Å². The van der Waals surface area contributed by atoms with Crippen LogP contribution in [0.1, 0.15) is 59.8 Å². The van der Waals surface area contributed by atoms with E-state index in [4.69, 9.17) is 28.8 Å². The Hall–Kier alpha value is -3.30. The number of rotatable bonds is 17. The molecule has 1 aliphatic heterocycles. The van der Waals surface area contributed by atoms with Crippen LogP contribution in [0.25, 0.3) is 0 Å². The molecule has 1 saturated heterocycles. The maximum Gasteiger partial charge on any atom is 0.303 e. The van der Waals surface area contributed by atoms with Gasteiger partial charge in [0, 0.05) is 60.2 Å². The molecule has 5 unspecified atom stereocenters. The van der Waals surface area contributed by atoms with E-state index in [-0.39, 0.29) is 44.5 Å². The molecule has 3 amide bonds.